The number of methoxy groups -OCH3 is 1. The van der Waals surface area contributed by atoms with Gasteiger partial charge in [0.25, 0.3) is 0 Å². The van der Waals surface area contributed by atoms with E-state index in [1.54, 1.807) is 12.1 Å². The van der Waals surface area contributed by atoms with Crippen molar-refractivity contribution in [1.29, 1.82) is 0 Å². The fourth-order valence-electron chi connectivity index (χ4n) is 2.90. The van der Waals surface area contributed by atoms with Crippen LogP contribution in [0.4, 0.5) is 4.39 Å². The van der Waals surface area contributed by atoms with E-state index in [1.807, 2.05) is 17.8 Å². The summed E-state index contributed by atoms with van der Waals surface area (Å²) in [7, 11) is 1.50. The van der Waals surface area contributed by atoms with Crippen molar-refractivity contribution in [3.63, 3.8) is 0 Å². The second-order valence-corrected chi connectivity index (χ2v) is 7.18. The molecule has 1 aromatic carbocycles. The Hall–Kier alpha value is -0.740. The summed E-state index contributed by atoms with van der Waals surface area (Å²) in [5.74, 6) is 1.27. The molecular weight excluding hydrogens is 273 g/mol. The van der Waals surface area contributed by atoms with E-state index in [2.05, 4.69) is 19.2 Å². The van der Waals surface area contributed by atoms with Crippen molar-refractivity contribution in [2.24, 2.45) is 0 Å². The zero-order valence-corrected chi connectivity index (χ0v) is 13.4. The average molecular weight is 297 g/mol. The number of likely N-dealkylation sites (N-methyl/N-ethyl adjacent to an activating group) is 1. The Kier molecular flexibility index (Phi) is 5.33. The number of benzene rings is 1. The minimum atomic E-state index is -0.274. The van der Waals surface area contributed by atoms with E-state index in [-0.39, 0.29) is 10.6 Å². The third kappa shape index (κ3) is 3.47. The number of ether oxygens (including phenoxy) is 1. The fraction of sp³-hybridized carbons (Fsp3) is 0.625. The number of thioether (sulfide) groups is 1. The maximum absolute atomic E-state index is 13.8. The van der Waals surface area contributed by atoms with Crippen LogP contribution in [0.1, 0.15) is 32.3 Å². The van der Waals surface area contributed by atoms with Crippen LogP contribution in [-0.4, -0.2) is 30.2 Å². The molecule has 2 rings (SSSR count). The molecule has 0 saturated carbocycles. The first-order valence-corrected chi connectivity index (χ1v) is 8.27. The number of halogens is 1. The van der Waals surface area contributed by atoms with E-state index >= 15 is 0 Å². The first-order valence-electron chi connectivity index (χ1n) is 7.29. The summed E-state index contributed by atoms with van der Waals surface area (Å²) in [6.45, 7) is 5.40. The molecule has 2 atom stereocenters. The van der Waals surface area contributed by atoms with Crippen LogP contribution in [0.2, 0.25) is 0 Å². The quantitative estimate of drug-likeness (QED) is 0.866. The molecular formula is C16H24FNOS. The Bertz CT molecular complexity index is 446. The average Bonchev–Trinajstić information content (AvgIpc) is 2.87. The second kappa shape index (κ2) is 6.81. The molecule has 0 bridgehead atoms. The molecule has 0 amide bonds. The predicted octanol–water partition coefficient (Wildman–Crippen LogP) is 3.64. The minimum Gasteiger partial charge on any atom is -0.494 e. The summed E-state index contributed by atoms with van der Waals surface area (Å²) in [4.78, 5) is 0. The lowest BCUT2D eigenvalue weighted by molar-refractivity contribution is 0.384. The molecule has 1 N–H and O–H groups in total. The second-order valence-electron chi connectivity index (χ2n) is 5.55. The van der Waals surface area contributed by atoms with E-state index in [0.717, 1.165) is 18.5 Å². The largest absolute Gasteiger partial charge is 0.494 e. The van der Waals surface area contributed by atoms with Gasteiger partial charge >= 0.3 is 0 Å². The van der Waals surface area contributed by atoms with Gasteiger partial charge in [-0.15, -0.1) is 0 Å². The van der Waals surface area contributed by atoms with Crippen molar-refractivity contribution in [2.45, 2.75) is 43.9 Å². The fourth-order valence-corrected chi connectivity index (χ4v) is 4.31. The smallest absolute Gasteiger partial charge is 0.165 e. The van der Waals surface area contributed by atoms with Crippen LogP contribution in [0.15, 0.2) is 18.2 Å². The van der Waals surface area contributed by atoms with Crippen LogP contribution in [-0.2, 0) is 6.42 Å². The summed E-state index contributed by atoms with van der Waals surface area (Å²) in [5.41, 5.74) is 1.03. The predicted molar refractivity (Wildman–Crippen MR) is 84.2 cm³/mol. The third-order valence-corrected chi connectivity index (χ3v) is 5.73. The lowest BCUT2D eigenvalue weighted by Gasteiger charge is -2.34. The van der Waals surface area contributed by atoms with Gasteiger partial charge in [0.2, 0.25) is 0 Å². The van der Waals surface area contributed by atoms with Crippen molar-refractivity contribution < 1.29 is 9.13 Å². The van der Waals surface area contributed by atoms with Gasteiger partial charge in [-0.25, -0.2) is 4.39 Å². The topological polar surface area (TPSA) is 21.3 Å². The SMILES string of the molecule is CCNC(Cc1ccc(OC)c(F)c1)C1(C)CCCS1. The van der Waals surface area contributed by atoms with Gasteiger partial charge in [0.1, 0.15) is 0 Å². The molecule has 1 aliphatic heterocycles. The van der Waals surface area contributed by atoms with Gasteiger partial charge in [0.15, 0.2) is 11.6 Å². The standard InChI is InChI=1S/C16H24FNOS/c1-4-18-15(16(2)8-5-9-20-16)11-12-6-7-14(19-3)13(17)10-12/h6-7,10,15,18H,4-5,8-9,11H2,1-3H3. The Morgan fingerprint density at radius 1 is 1.50 bits per heavy atom. The van der Waals surface area contributed by atoms with Gasteiger partial charge in [-0.05, 0) is 56.2 Å². The lowest BCUT2D eigenvalue weighted by Crippen LogP contribution is -2.46. The van der Waals surface area contributed by atoms with Crippen molar-refractivity contribution in [3.05, 3.63) is 29.6 Å². The molecule has 0 radical (unpaired) electrons. The van der Waals surface area contributed by atoms with Gasteiger partial charge in [0, 0.05) is 10.8 Å². The maximum atomic E-state index is 13.8. The molecule has 20 heavy (non-hydrogen) atoms. The van der Waals surface area contributed by atoms with Crippen LogP contribution in [0.3, 0.4) is 0 Å². The Morgan fingerprint density at radius 2 is 2.30 bits per heavy atom. The van der Waals surface area contributed by atoms with Crippen molar-refractivity contribution >= 4 is 11.8 Å². The first kappa shape index (κ1) is 15.6. The van der Waals surface area contributed by atoms with Crippen LogP contribution in [0.25, 0.3) is 0 Å². The van der Waals surface area contributed by atoms with Crippen LogP contribution >= 0.6 is 11.8 Å². The van der Waals surface area contributed by atoms with Gasteiger partial charge in [-0.2, -0.15) is 11.8 Å². The highest BCUT2D eigenvalue weighted by Gasteiger charge is 2.37. The van der Waals surface area contributed by atoms with Crippen LogP contribution < -0.4 is 10.1 Å². The number of rotatable bonds is 6. The highest BCUT2D eigenvalue weighted by molar-refractivity contribution is 8.00. The van der Waals surface area contributed by atoms with Gasteiger partial charge < -0.3 is 10.1 Å². The molecule has 0 aliphatic carbocycles. The van der Waals surface area contributed by atoms with E-state index in [0.29, 0.717) is 11.8 Å². The summed E-state index contributed by atoms with van der Waals surface area (Å²) in [6.07, 6.45) is 3.37. The van der Waals surface area contributed by atoms with Gasteiger partial charge in [-0.3, -0.25) is 0 Å². The molecule has 0 spiro atoms. The molecule has 1 aromatic rings. The van der Waals surface area contributed by atoms with Gasteiger partial charge in [0.05, 0.1) is 7.11 Å². The highest BCUT2D eigenvalue weighted by atomic mass is 32.2. The molecule has 4 heteroatoms. The zero-order valence-electron chi connectivity index (χ0n) is 12.5. The first-order chi connectivity index (χ1) is 9.59. The van der Waals surface area contributed by atoms with Crippen LogP contribution in [0, 0.1) is 5.82 Å². The maximum Gasteiger partial charge on any atom is 0.165 e. The van der Waals surface area contributed by atoms with E-state index in [4.69, 9.17) is 4.74 Å². The molecule has 1 aliphatic rings. The summed E-state index contributed by atoms with van der Waals surface area (Å²) in [6, 6.07) is 5.67. The Balaban J connectivity index is 2.13. The molecule has 2 unspecified atom stereocenters. The highest BCUT2D eigenvalue weighted by Crippen LogP contribution is 2.41. The third-order valence-electron chi connectivity index (χ3n) is 4.09. The van der Waals surface area contributed by atoms with Crippen molar-refractivity contribution in [1.82, 2.24) is 5.32 Å². The number of nitrogens with one attached hydrogen (secondary N) is 1. The molecule has 0 aromatic heterocycles. The van der Waals surface area contributed by atoms with Gasteiger partial charge in [-0.1, -0.05) is 13.0 Å². The number of hydrogen-bond acceptors (Lipinski definition) is 3. The summed E-state index contributed by atoms with van der Waals surface area (Å²) >= 11 is 2.04. The van der Waals surface area contributed by atoms with E-state index in [9.17, 15) is 4.39 Å². The molecule has 1 saturated heterocycles. The van der Waals surface area contributed by atoms with E-state index in [1.165, 1.54) is 25.7 Å². The van der Waals surface area contributed by atoms with Crippen LogP contribution in [0.5, 0.6) is 5.75 Å². The summed E-state index contributed by atoms with van der Waals surface area (Å²) in [5, 5.41) is 3.59. The van der Waals surface area contributed by atoms with E-state index < -0.39 is 0 Å². The number of hydrogen-bond donors (Lipinski definition) is 1. The molecule has 2 nitrogen and oxygen atoms in total. The normalized spacial score (nSPS) is 23.8. The molecule has 1 heterocycles. The van der Waals surface area contributed by atoms with Crippen molar-refractivity contribution in [2.75, 3.05) is 19.4 Å². The Morgan fingerprint density at radius 3 is 2.85 bits per heavy atom. The lowest BCUT2D eigenvalue weighted by atomic mass is 9.90. The van der Waals surface area contributed by atoms with Crippen molar-refractivity contribution in [3.8, 4) is 5.75 Å². The zero-order chi connectivity index (χ0) is 14.6. The monoisotopic (exact) mass is 297 g/mol. The Labute approximate surface area is 125 Å². The summed E-state index contributed by atoms with van der Waals surface area (Å²) < 4.78 is 19.0. The molecule has 1 fully saturated rings. The minimum absolute atomic E-state index is 0.256. The molecule has 112 valence electrons.